The fourth-order valence-electron chi connectivity index (χ4n) is 3.84. The molecule has 2 aromatic carbocycles. The summed E-state index contributed by atoms with van der Waals surface area (Å²) >= 11 is 0. The highest BCUT2D eigenvalue weighted by molar-refractivity contribution is 6.03. The molecule has 4 rings (SSSR count). The van der Waals surface area contributed by atoms with Gasteiger partial charge >= 0.3 is 0 Å². The van der Waals surface area contributed by atoms with Crippen molar-refractivity contribution < 1.29 is 14.3 Å². The molecule has 0 unspecified atom stereocenters. The second-order valence-corrected chi connectivity index (χ2v) is 7.03. The van der Waals surface area contributed by atoms with Gasteiger partial charge in [0.25, 0.3) is 5.91 Å². The van der Waals surface area contributed by atoms with E-state index in [9.17, 15) is 9.59 Å². The second-order valence-electron chi connectivity index (χ2n) is 7.03. The maximum absolute atomic E-state index is 13.0. The lowest BCUT2D eigenvalue weighted by molar-refractivity contribution is -0.118. The molecule has 1 aromatic heterocycles. The predicted octanol–water partition coefficient (Wildman–Crippen LogP) is 2.62. The zero-order chi connectivity index (χ0) is 20.5. The Bertz CT molecular complexity index is 1060. The highest BCUT2D eigenvalue weighted by Gasteiger charge is 2.41. The van der Waals surface area contributed by atoms with Crippen molar-refractivity contribution in [3.8, 4) is 5.75 Å². The number of anilines is 1. The van der Waals surface area contributed by atoms with Gasteiger partial charge in [0.1, 0.15) is 17.6 Å². The minimum atomic E-state index is -0.772. The Morgan fingerprint density at radius 1 is 1.14 bits per heavy atom. The van der Waals surface area contributed by atoms with E-state index in [2.05, 4.69) is 15.7 Å². The van der Waals surface area contributed by atoms with Gasteiger partial charge in [-0.1, -0.05) is 30.3 Å². The van der Waals surface area contributed by atoms with E-state index >= 15 is 0 Å². The quantitative estimate of drug-likeness (QED) is 0.717. The average molecular weight is 390 g/mol. The van der Waals surface area contributed by atoms with Crippen LogP contribution in [0.25, 0.3) is 0 Å². The molecular weight excluding hydrogens is 368 g/mol. The zero-order valence-corrected chi connectivity index (χ0v) is 16.5. The maximum atomic E-state index is 13.0. The molecule has 2 amide bonds. The number of ether oxygens (including phenoxy) is 1. The van der Waals surface area contributed by atoms with Gasteiger partial charge in [-0.05, 0) is 36.8 Å². The molecule has 2 heterocycles. The van der Waals surface area contributed by atoms with E-state index < -0.39 is 6.04 Å². The lowest BCUT2D eigenvalue weighted by Crippen LogP contribution is -2.50. The van der Waals surface area contributed by atoms with Gasteiger partial charge in [0, 0.05) is 24.1 Å². The number of methoxy groups -OCH3 is 1. The smallest absolute Gasteiger partial charge is 0.251 e. The van der Waals surface area contributed by atoms with Crippen LogP contribution in [0, 0.1) is 6.92 Å². The minimum absolute atomic E-state index is 0.273. The first-order chi connectivity index (χ1) is 14.0. The van der Waals surface area contributed by atoms with E-state index in [0.717, 1.165) is 22.6 Å². The number of aryl methyl sites for hydroxylation is 2. The fraction of sp³-hybridized carbons (Fsp3) is 0.227. The number of nitrogens with one attached hydrogen (secondary N) is 2. The molecule has 2 N–H and O–H groups in total. The van der Waals surface area contributed by atoms with Crippen LogP contribution in [0.2, 0.25) is 0 Å². The highest BCUT2D eigenvalue weighted by atomic mass is 16.5. The normalized spacial score (nSPS) is 18.0. The summed E-state index contributed by atoms with van der Waals surface area (Å²) in [6.07, 6.45) is 0. The summed E-state index contributed by atoms with van der Waals surface area (Å²) in [4.78, 5) is 25.8. The Kier molecular flexibility index (Phi) is 4.80. The Hall–Kier alpha value is -3.61. The molecule has 0 saturated carbocycles. The van der Waals surface area contributed by atoms with Crippen LogP contribution in [0.15, 0.2) is 54.6 Å². The number of aromatic nitrogens is 2. The summed E-state index contributed by atoms with van der Waals surface area (Å²) in [7, 11) is 3.40. The lowest BCUT2D eigenvalue weighted by atomic mass is 9.82. The number of nitrogens with zero attached hydrogens (tertiary/aromatic N) is 2. The van der Waals surface area contributed by atoms with Crippen LogP contribution in [0.5, 0.6) is 5.75 Å². The number of amides is 2. The third-order valence-electron chi connectivity index (χ3n) is 5.23. The van der Waals surface area contributed by atoms with Gasteiger partial charge in [0.2, 0.25) is 5.91 Å². The molecule has 0 saturated heterocycles. The average Bonchev–Trinajstić information content (AvgIpc) is 3.02. The van der Waals surface area contributed by atoms with E-state index in [1.807, 2.05) is 37.3 Å². The molecule has 29 heavy (non-hydrogen) atoms. The first kappa shape index (κ1) is 18.7. The van der Waals surface area contributed by atoms with E-state index in [1.54, 1.807) is 43.1 Å². The van der Waals surface area contributed by atoms with Crippen LogP contribution in [0.1, 0.15) is 33.1 Å². The molecule has 148 valence electrons. The first-order valence-electron chi connectivity index (χ1n) is 9.34. The van der Waals surface area contributed by atoms with Gasteiger partial charge in [-0.15, -0.1) is 0 Å². The topological polar surface area (TPSA) is 85.2 Å². The van der Waals surface area contributed by atoms with Gasteiger partial charge in [0.15, 0.2) is 0 Å². The largest absolute Gasteiger partial charge is 0.497 e. The first-order valence-corrected chi connectivity index (χ1v) is 9.34. The van der Waals surface area contributed by atoms with Gasteiger partial charge < -0.3 is 15.4 Å². The zero-order valence-electron chi connectivity index (χ0n) is 16.5. The van der Waals surface area contributed by atoms with Crippen molar-refractivity contribution in [3.63, 3.8) is 0 Å². The Morgan fingerprint density at radius 2 is 1.83 bits per heavy atom. The summed E-state index contributed by atoms with van der Waals surface area (Å²) in [5, 5.41) is 10.3. The van der Waals surface area contributed by atoms with Crippen molar-refractivity contribution >= 4 is 17.6 Å². The Balaban J connectivity index is 1.78. The molecule has 7 nitrogen and oxygen atoms in total. The molecule has 0 spiro atoms. The van der Waals surface area contributed by atoms with Crippen molar-refractivity contribution in [2.45, 2.75) is 18.9 Å². The summed E-state index contributed by atoms with van der Waals surface area (Å²) in [5.41, 5.74) is 3.11. The lowest BCUT2D eigenvalue weighted by Gasteiger charge is -2.32. The van der Waals surface area contributed by atoms with Crippen LogP contribution in [0.4, 0.5) is 5.82 Å². The van der Waals surface area contributed by atoms with E-state index in [1.165, 1.54) is 0 Å². The maximum Gasteiger partial charge on any atom is 0.251 e. The number of hydrogen-bond donors (Lipinski definition) is 2. The third-order valence-corrected chi connectivity index (χ3v) is 5.23. The molecule has 0 radical (unpaired) electrons. The summed E-state index contributed by atoms with van der Waals surface area (Å²) < 4.78 is 6.92. The van der Waals surface area contributed by atoms with Crippen LogP contribution in [-0.4, -0.2) is 34.7 Å². The van der Waals surface area contributed by atoms with E-state index in [4.69, 9.17) is 4.74 Å². The van der Waals surface area contributed by atoms with E-state index in [-0.39, 0.29) is 17.7 Å². The number of carbonyl (C=O) groups excluding carboxylic acids is 2. The van der Waals surface area contributed by atoms with Crippen LogP contribution < -0.4 is 15.4 Å². The number of benzene rings is 2. The van der Waals surface area contributed by atoms with Crippen molar-refractivity contribution in [1.29, 1.82) is 0 Å². The highest BCUT2D eigenvalue weighted by Crippen LogP contribution is 2.39. The molecule has 0 fully saturated rings. The second kappa shape index (κ2) is 7.43. The number of fused-ring (bicyclic) bond motifs is 1. The standard InChI is InChI=1S/C22H22N4O3/c1-13-17-18(14-9-11-16(29-3)12-10-14)19(22(28)24-20(17)26(2)25-13)23-21(27)15-7-5-4-6-8-15/h4-12,18-19H,1-3H3,(H,23,27)(H,24,28)/t18-,19-/m1/s1. The van der Waals surface area contributed by atoms with Crippen LogP contribution >= 0.6 is 0 Å². The molecule has 7 heteroatoms. The van der Waals surface area contributed by atoms with Crippen molar-refractivity contribution in [3.05, 3.63) is 77.0 Å². The van der Waals surface area contributed by atoms with Gasteiger partial charge in [-0.25, -0.2) is 0 Å². The molecule has 0 bridgehead atoms. The number of rotatable bonds is 4. The van der Waals surface area contributed by atoms with Gasteiger partial charge in [-0.3, -0.25) is 14.3 Å². The predicted molar refractivity (Wildman–Crippen MR) is 109 cm³/mol. The fourth-order valence-corrected chi connectivity index (χ4v) is 3.84. The Labute approximate surface area is 168 Å². The SMILES string of the molecule is COc1ccc([C@@H]2c3c(C)nn(C)c3NC(=O)[C@@H]2NC(=O)c2ccccc2)cc1. The molecule has 3 aromatic rings. The van der Waals surface area contributed by atoms with Crippen molar-refractivity contribution in [2.24, 2.45) is 7.05 Å². The summed E-state index contributed by atoms with van der Waals surface area (Å²) in [5.74, 6) is 0.436. The van der Waals surface area contributed by atoms with Crippen molar-refractivity contribution in [1.82, 2.24) is 15.1 Å². The van der Waals surface area contributed by atoms with Crippen molar-refractivity contribution in [2.75, 3.05) is 12.4 Å². The molecular formula is C22H22N4O3. The van der Waals surface area contributed by atoms with Crippen LogP contribution in [0.3, 0.4) is 0 Å². The molecule has 0 aliphatic carbocycles. The molecule has 1 aliphatic rings. The molecule has 2 atom stereocenters. The number of carbonyl (C=O) groups is 2. The Morgan fingerprint density at radius 3 is 2.48 bits per heavy atom. The van der Waals surface area contributed by atoms with Gasteiger partial charge in [-0.2, -0.15) is 5.10 Å². The summed E-state index contributed by atoms with van der Waals surface area (Å²) in [6, 6.07) is 15.6. The van der Waals surface area contributed by atoms with Crippen LogP contribution in [-0.2, 0) is 11.8 Å². The third kappa shape index (κ3) is 3.35. The number of hydrogen-bond acceptors (Lipinski definition) is 4. The van der Waals surface area contributed by atoms with Gasteiger partial charge in [0.05, 0.1) is 12.8 Å². The molecule has 1 aliphatic heterocycles. The summed E-state index contributed by atoms with van der Waals surface area (Å²) in [6.45, 7) is 1.91. The van der Waals surface area contributed by atoms with E-state index in [0.29, 0.717) is 11.4 Å². The monoisotopic (exact) mass is 390 g/mol. The minimum Gasteiger partial charge on any atom is -0.497 e.